The number of aryl methyl sites for hydroxylation is 1. The third-order valence-electron chi connectivity index (χ3n) is 2.54. The molecule has 2 aromatic heterocycles. The van der Waals surface area contributed by atoms with Gasteiger partial charge < -0.3 is 5.11 Å². The van der Waals surface area contributed by atoms with Crippen LogP contribution in [-0.2, 0) is 6.42 Å². The van der Waals surface area contributed by atoms with Gasteiger partial charge in [0.05, 0.1) is 5.60 Å². The Hall–Kier alpha value is -0.200. The van der Waals surface area contributed by atoms with E-state index >= 15 is 0 Å². The number of halogens is 4. The van der Waals surface area contributed by atoms with Crippen molar-refractivity contribution in [3.8, 4) is 0 Å². The molecule has 3 nitrogen and oxygen atoms in total. The van der Waals surface area contributed by atoms with Crippen LogP contribution >= 0.6 is 55.1 Å². The highest BCUT2D eigenvalue weighted by atomic mass is 79.9. The van der Waals surface area contributed by atoms with Gasteiger partial charge in [-0.05, 0) is 75.9 Å². The van der Waals surface area contributed by atoms with Crippen LogP contribution in [0.5, 0.6) is 0 Å². The lowest BCUT2D eigenvalue weighted by Gasteiger charge is -2.17. The first-order chi connectivity index (χ1) is 10.1. The van der Waals surface area contributed by atoms with E-state index in [1.54, 1.807) is 32.3 Å². The summed E-state index contributed by atoms with van der Waals surface area (Å²) < 4.78 is 1.87. The Kier molecular flexibility index (Phi) is 7.75. The van der Waals surface area contributed by atoms with E-state index in [1.165, 1.54) is 0 Å². The molecule has 0 unspecified atom stereocenters. The van der Waals surface area contributed by atoms with Crippen molar-refractivity contribution < 1.29 is 5.11 Å². The number of hydrogen-bond donors (Lipinski definition) is 1. The number of nitrogens with zero attached hydrogens (tertiary/aromatic N) is 2. The van der Waals surface area contributed by atoms with Crippen molar-refractivity contribution in [1.82, 2.24) is 9.97 Å². The summed E-state index contributed by atoms with van der Waals surface area (Å²) in [7, 11) is 0. The highest BCUT2D eigenvalue weighted by molar-refractivity contribution is 9.10. The molecule has 0 aromatic carbocycles. The Morgan fingerprint density at radius 1 is 1.05 bits per heavy atom. The van der Waals surface area contributed by atoms with Crippen molar-refractivity contribution >= 4 is 55.1 Å². The maximum atomic E-state index is 9.60. The Morgan fingerprint density at radius 3 is 2.00 bits per heavy atom. The van der Waals surface area contributed by atoms with Gasteiger partial charge in [0, 0.05) is 27.8 Å². The molecule has 0 spiro atoms. The van der Waals surface area contributed by atoms with E-state index in [9.17, 15) is 5.11 Å². The third-order valence-corrected chi connectivity index (χ3v) is 4.50. The zero-order valence-corrected chi connectivity index (χ0v) is 17.1. The van der Waals surface area contributed by atoms with Crippen LogP contribution in [0.15, 0.2) is 33.5 Å². The van der Waals surface area contributed by atoms with E-state index in [0.717, 1.165) is 20.1 Å². The van der Waals surface area contributed by atoms with Gasteiger partial charge in [0.2, 0.25) is 0 Å². The molecule has 120 valence electrons. The first kappa shape index (κ1) is 19.8. The lowest BCUT2D eigenvalue weighted by Crippen LogP contribution is -2.22. The quantitative estimate of drug-likeness (QED) is 0.579. The van der Waals surface area contributed by atoms with Gasteiger partial charge >= 0.3 is 0 Å². The number of pyridine rings is 2. The maximum absolute atomic E-state index is 9.60. The number of rotatable bonds is 2. The minimum Gasteiger partial charge on any atom is -0.390 e. The largest absolute Gasteiger partial charge is 0.390 e. The van der Waals surface area contributed by atoms with Gasteiger partial charge in [-0.2, -0.15) is 0 Å². The average Bonchev–Trinajstić information content (AvgIpc) is 2.38. The Balaban J connectivity index is 0.000000235. The first-order valence-electron chi connectivity index (χ1n) is 6.38. The second-order valence-corrected chi connectivity index (χ2v) is 7.83. The van der Waals surface area contributed by atoms with Crippen LogP contribution in [0, 0.1) is 6.92 Å². The molecule has 0 amide bonds. The van der Waals surface area contributed by atoms with Crippen molar-refractivity contribution in [3.05, 3.63) is 54.9 Å². The van der Waals surface area contributed by atoms with Gasteiger partial charge in [0.15, 0.2) is 0 Å². The smallest absolute Gasteiger partial charge is 0.129 e. The lowest BCUT2D eigenvalue weighted by atomic mass is 10.00. The molecule has 2 aromatic rings. The molecule has 7 heteroatoms. The molecule has 22 heavy (non-hydrogen) atoms. The standard InChI is InChI=1S/C9H11BrClNO.C6H5BrClN/c1-9(2,13)4-6-3-8(11)12-5-7(6)10;1-4-2-6(8)9-3-5(4)7/h3,5,13H,4H2,1-2H3;2-3H,1H3. The van der Waals surface area contributed by atoms with Gasteiger partial charge in [0.1, 0.15) is 10.3 Å². The predicted octanol–water partition coefficient (Wildman–Crippen LogP) is 5.62. The fourth-order valence-electron chi connectivity index (χ4n) is 1.56. The highest BCUT2D eigenvalue weighted by Crippen LogP contribution is 2.23. The monoisotopic (exact) mass is 468 g/mol. The molecule has 0 bridgehead atoms. The zero-order chi connectivity index (χ0) is 16.9. The Bertz CT molecular complexity index is 646. The molecule has 0 aliphatic heterocycles. The van der Waals surface area contributed by atoms with Crippen LogP contribution in [0.2, 0.25) is 10.3 Å². The molecule has 0 aliphatic rings. The van der Waals surface area contributed by atoms with Gasteiger partial charge in [-0.25, -0.2) is 9.97 Å². The minimum atomic E-state index is -0.729. The summed E-state index contributed by atoms with van der Waals surface area (Å²) >= 11 is 18.0. The van der Waals surface area contributed by atoms with E-state index in [4.69, 9.17) is 23.2 Å². The molecule has 0 atom stereocenters. The maximum Gasteiger partial charge on any atom is 0.129 e. The number of hydrogen-bond acceptors (Lipinski definition) is 3. The average molecular weight is 471 g/mol. The summed E-state index contributed by atoms with van der Waals surface area (Å²) in [6, 6.07) is 3.56. The molecule has 2 rings (SSSR count). The van der Waals surface area contributed by atoms with Crippen molar-refractivity contribution in [2.45, 2.75) is 32.8 Å². The fourth-order valence-corrected chi connectivity index (χ4v) is 2.52. The summed E-state index contributed by atoms with van der Waals surface area (Å²) in [5.41, 5.74) is 1.34. The van der Waals surface area contributed by atoms with E-state index in [1.807, 2.05) is 13.0 Å². The highest BCUT2D eigenvalue weighted by Gasteiger charge is 2.15. The van der Waals surface area contributed by atoms with Gasteiger partial charge in [-0.1, -0.05) is 23.2 Å². The van der Waals surface area contributed by atoms with Crippen molar-refractivity contribution in [2.75, 3.05) is 0 Å². The number of aliphatic hydroxyl groups is 1. The molecule has 2 heterocycles. The van der Waals surface area contributed by atoms with Gasteiger partial charge in [-0.15, -0.1) is 0 Å². The molecule has 0 saturated carbocycles. The fraction of sp³-hybridized carbons (Fsp3) is 0.333. The van der Waals surface area contributed by atoms with E-state index < -0.39 is 5.60 Å². The number of aromatic nitrogens is 2. The van der Waals surface area contributed by atoms with Crippen molar-refractivity contribution in [2.24, 2.45) is 0 Å². The van der Waals surface area contributed by atoms with Crippen LogP contribution in [0.4, 0.5) is 0 Å². The SMILES string of the molecule is CC(C)(O)Cc1cc(Cl)ncc1Br.Cc1cc(Cl)ncc1Br. The summed E-state index contributed by atoms with van der Waals surface area (Å²) in [5.74, 6) is 0. The zero-order valence-electron chi connectivity index (χ0n) is 12.4. The molecule has 0 aliphatic carbocycles. The van der Waals surface area contributed by atoms with Crippen LogP contribution < -0.4 is 0 Å². The van der Waals surface area contributed by atoms with E-state index in [2.05, 4.69) is 41.8 Å². The third kappa shape index (κ3) is 7.38. The van der Waals surface area contributed by atoms with E-state index in [-0.39, 0.29) is 0 Å². The van der Waals surface area contributed by atoms with Gasteiger partial charge in [-0.3, -0.25) is 0 Å². The van der Waals surface area contributed by atoms with Crippen molar-refractivity contribution in [1.29, 1.82) is 0 Å². The summed E-state index contributed by atoms with van der Waals surface area (Å²) in [4.78, 5) is 7.76. The van der Waals surface area contributed by atoms with Crippen LogP contribution in [0.3, 0.4) is 0 Å². The second kappa shape index (κ2) is 8.60. The Labute approximate surface area is 157 Å². The van der Waals surface area contributed by atoms with E-state index in [0.29, 0.717) is 16.7 Å². The lowest BCUT2D eigenvalue weighted by molar-refractivity contribution is 0.0808. The second-order valence-electron chi connectivity index (χ2n) is 5.34. The molecule has 0 saturated heterocycles. The summed E-state index contributed by atoms with van der Waals surface area (Å²) in [6.45, 7) is 5.49. The normalized spacial score (nSPS) is 10.9. The first-order valence-corrected chi connectivity index (χ1v) is 8.72. The molecular formula is C15H16Br2Cl2N2O. The van der Waals surface area contributed by atoms with Crippen LogP contribution in [0.1, 0.15) is 25.0 Å². The minimum absolute atomic E-state index is 0.447. The summed E-state index contributed by atoms with van der Waals surface area (Å²) in [5, 5.41) is 10.6. The summed E-state index contributed by atoms with van der Waals surface area (Å²) in [6.07, 6.45) is 3.89. The topological polar surface area (TPSA) is 46.0 Å². The van der Waals surface area contributed by atoms with Crippen LogP contribution in [0.25, 0.3) is 0 Å². The molecule has 0 fully saturated rings. The molecular weight excluding hydrogens is 455 g/mol. The molecule has 0 radical (unpaired) electrons. The van der Waals surface area contributed by atoms with Crippen LogP contribution in [-0.4, -0.2) is 20.7 Å². The molecule has 1 N–H and O–H groups in total. The van der Waals surface area contributed by atoms with Crippen molar-refractivity contribution in [3.63, 3.8) is 0 Å². The predicted molar refractivity (Wildman–Crippen MR) is 98.6 cm³/mol. The Morgan fingerprint density at radius 2 is 1.55 bits per heavy atom. The van der Waals surface area contributed by atoms with Gasteiger partial charge in [0.25, 0.3) is 0 Å².